The van der Waals surface area contributed by atoms with Crippen LogP contribution in [-0.4, -0.2) is 16.1 Å². The van der Waals surface area contributed by atoms with Crippen LogP contribution in [0.25, 0.3) is 27.3 Å². The van der Waals surface area contributed by atoms with Crippen LogP contribution >= 0.6 is 0 Å². The number of imidazole rings is 1. The Labute approximate surface area is 338 Å². The second kappa shape index (κ2) is 12.7. The number of hydrogen-bond acceptors (Lipinski definition) is 5. The summed E-state index contributed by atoms with van der Waals surface area (Å²) in [5.41, 5.74) is 16.5. The van der Waals surface area contributed by atoms with Crippen LogP contribution in [0.5, 0.6) is 11.5 Å². The molecule has 6 nitrogen and oxygen atoms in total. The van der Waals surface area contributed by atoms with Crippen molar-refractivity contribution in [2.24, 2.45) is 0 Å². The summed E-state index contributed by atoms with van der Waals surface area (Å²) < 4.78 is 9.00. The van der Waals surface area contributed by atoms with Gasteiger partial charge in [-0.2, -0.15) is 0 Å². The fourth-order valence-electron chi connectivity index (χ4n) is 9.93. The molecule has 7 aromatic carbocycles. The van der Waals surface area contributed by atoms with Crippen molar-refractivity contribution in [1.29, 1.82) is 0 Å². The van der Waals surface area contributed by atoms with E-state index in [1.54, 1.807) is 0 Å². The maximum Gasteiger partial charge on any atom is 0.145 e. The van der Waals surface area contributed by atoms with Gasteiger partial charge in [-0.3, -0.25) is 4.40 Å². The Morgan fingerprint density at radius 2 is 1.24 bits per heavy atom. The molecule has 0 unspecified atom stereocenters. The number of ether oxygens (including phenoxy) is 1. The van der Waals surface area contributed by atoms with Crippen molar-refractivity contribution in [3.63, 3.8) is 0 Å². The Kier molecular flexibility index (Phi) is 7.51. The Morgan fingerprint density at radius 1 is 0.569 bits per heavy atom. The molecule has 11 rings (SSSR count). The molecule has 0 fully saturated rings. The van der Waals surface area contributed by atoms with Crippen LogP contribution in [0.2, 0.25) is 0 Å². The maximum absolute atomic E-state index is 6.72. The highest BCUT2D eigenvalue weighted by atomic mass is 16.5. The molecule has 9 aromatic rings. The normalized spacial score (nSPS) is 14.3. The van der Waals surface area contributed by atoms with Crippen LogP contribution in [0.3, 0.4) is 0 Å². The van der Waals surface area contributed by atoms with Crippen molar-refractivity contribution < 1.29 is 4.74 Å². The van der Waals surface area contributed by atoms with Gasteiger partial charge in [0.15, 0.2) is 0 Å². The molecule has 0 amide bonds. The zero-order chi connectivity index (χ0) is 39.3. The second-order valence-corrected chi connectivity index (χ2v) is 16.3. The minimum atomic E-state index is -0.277. The van der Waals surface area contributed by atoms with Gasteiger partial charge in [-0.15, -0.1) is 0 Å². The quantitative estimate of drug-likeness (QED) is 0.164. The molecule has 6 heteroatoms. The number of hydrogen-bond donors (Lipinski definition) is 0. The first-order valence-electron chi connectivity index (χ1n) is 20.1. The highest BCUT2D eigenvalue weighted by Gasteiger charge is 2.39. The lowest BCUT2D eigenvalue weighted by atomic mass is 9.72. The number of para-hydroxylation sites is 4. The zero-order valence-electron chi connectivity index (χ0n) is 33.4. The summed E-state index contributed by atoms with van der Waals surface area (Å²) in [6.45, 7) is 12.0. The van der Waals surface area contributed by atoms with Crippen LogP contribution in [0.4, 0.5) is 39.8 Å². The molecule has 58 heavy (non-hydrogen) atoms. The van der Waals surface area contributed by atoms with Crippen LogP contribution in [0.1, 0.15) is 41.7 Å². The predicted octanol–water partition coefficient (Wildman–Crippen LogP) is 13.7. The topological polar surface area (TPSA) is 36.3 Å². The average molecular weight is 754 g/mol. The van der Waals surface area contributed by atoms with E-state index < -0.39 is 0 Å². The highest BCUT2D eigenvalue weighted by molar-refractivity contribution is 6.14. The predicted molar refractivity (Wildman–Crippen MR) is 240 cm³/mol. The Morgan fingerprint density at radius 3 is 2.03 bits per heavy atom. The largest absolute Gasteiger partial charge is 0.457 e. The molecular formula is C52H43N5O. The fraction of sp³-hybridized carbons (Fsp3) is 0.135. The molecule has 0 aliphatic carbocycles. The summed E-state index contributed by atoms with van der Waals surface area (Å²) in [5.74, 6) is 1.55. The number of rotatable bonds is 5. The lowest BCUT2D eigenvalue weighted by Crippen LogP contribution is -2.31. The molecule has 0 spiro atoms. The maximum atomic E-state index is 6.72. The summed E-state index contributed by atoms with van der Waals surface area (Å²) in [7, 11) is 0. The number of anilines is 7. The minimum Gasteiger partial charge on any atom is -0.457 e. The van der Waals surface area contributed by atoms with E-state index in [9.17, 15) is 0 Å². The second-order valence-electron chi connectivity index (χ2n) is 16.3. The number of nitrogens with zero attached hydrogens (tertiary/aromatic N) is 5. The smallest absolute Gasteiger partial charge is 0.145 e. The first-order chi connectivity index (χ1) is 28.3. The summed E-state index contributed by atoms with van der Waals surface area (Å²) >= 11 is 0. The Hall–Kier alpha value is -7.05. The molecule has 0 saturated heterocycles. The lowest BCUT2D eigenvalue weighted by Gasteiger charge is -2.42. The Bertz CT molecular complexity index is 3090. The third-order valence-electron chi connectivity index (χ3n) is 12.3. The minimum absolute atomic E-state index is 0.277. The number of aromatic nitrogens is 2. The van der Waals surface area contributed by atoms with Crippen molar-refractivity contribution in [3.8, 4) is 11.5 Å². The van der Waals surface area contributed by atoms with Gasteiger partial charge in [-0.1, -0.05) is 92.2 Å². The van der Waals surface area contributed by atoms with Crippen molar-refractivity contribution >= 4 is 67.1 Å². The molecule has 0 atom stereocenters. The molecule has 0 N–H and O–H groups in total. The summed E-state index contributed by atoms with van der Waals surface area (Å²) in [5, 5.41) is 3.38. The van der Waals surface area contributed by atoms with Crippen molar-refractivity contribution in [1.82, 2.24) is 9.38 Å². The van der Waals surface area contributed by atoms with Gasteiger partial charge in [0, 0.05) is 57.3 Å². The molecule has 2 aliphatic heterocycles. The highest BCUT2D eigenvalue weighted by Crippen LogP contribution is 2.55. The molecule has 2 aliphatic rings. The zero-order valence-corrected chi connectivity index (χ0v) is 33.4. The van der Waals surface area contributed by atoms with E-state index in [4.69, 9.17) is 9.72 Å². The van der Waals surface area contributed by atoms with E-state index in [2.05, 4.69) is 199 Å². The van der Waals surface area contributed by atoms with E-state index >= 15 is 0 Å². The van der Waals surface area contributed by atoms with Gasteiger partial charge in [-0.05, 0) is 110 Å². The van der Waals surface area contributed by atoms with Gasteiger partial charge in [0.05, 0.1) is 28.3 Å². The first kappa shape index (κ1) is 34.2. The monoisotopic (exact) mass is 753 g/mol. The van der Waals surface area contributed by atoms with E-state index in [0.29, 0.717) is 6.67 Å². The lowest BCUT2D eigenvalue weighted by molar-refractivity contribution is 0.483. The molecule has 282 valence electrons. The molecule has 0 radical (unpaired) electrons. The van der Waals surface area contributed by atoms with Gasteiger partial charge >= 0.3 is 0 Å². The average Bonchev–Trinajstić information content (AvgIpc) is 3.87. The molecule has 0 bridgehead atoms. The SMILES string of the molecule is Cc1cc(C)c(N2CN(c3cccc(Oc4ccc5c(c4)c4nccn4c4c6c(ccc54)N(c4ccccc4)c4ccccc4C6(C)C)c3)c3ccccc32)c(C)c1. The van der Waals surface area contributed by atoms with Gasteiger partial charge in [0.2, 0.25) is 0 Å². The summed E-state index contributed by atoms with van der Waals surface area (Å²) in [4.78, 5) is 12.2. The third-order valence-corrected chi connectivity index (χ3v) is 12.3. The number of fused-ring (bicyclic) bond motifs is 10. The molecule has 2 aromatic heterocycles. The van der Waals surface area contributed by atoms with E-state index in [1.165, 1.54) is 67.2 Å². The van der Waals surface area contributed by atoms with Crippen LogP contribution in [-0.2, 0) is 5.41 Å². The summed E-state index contributed by atoms with van der Waals surface area (Å²) in [6.07, 6.45) is 4.02. The number of benzene rings is 7. The van der Waals surface area contributed by atoms with Crippen molar-refractivity contribution in [3.05, 3.63) is 186 Å². The number of aryl methyl sites for hydroxylation is 3. The third kappa shape index (κ3) is 5.07. The van der Waals surface area contributed by atoms with Crippen LogP contribution in [0, 0.1) is 20.8 Å². The Balaban J connectivity index is 0.995. The van der Waals surface area contributed by atoms with Crippen molar-refractivity contribution in [2.75, 3.05) is 21.4 Å². The van der Waals surface area contributed by atoms with Gasteiger partial charge in [0.1, 0.15) is 23.8 Å². The first-order valence-corrected chi connectivity index (χ1v) is 20.1. The summed E-state index contributed by atoms with van der Waals surface area (Å²) in [6, 6.07) is 52.2. The number of pyridine rings is 1. The van der Waals surface area contributed by atoms with Crippen LogP contribution < -0.4 is 19.4 Å². The molecule has 4 heterocycles. The van der Waals surface area contributed by atoms with E-state index in [-0.39, 0.29) is 5.41 Å². The molecule has 0 saturated carbocycles. The van der Waals surface area contributed by atoms with Gasteiger partial charge < -0.3 is 19.4 Å². The molecular weight excluding hydrogens is 711 g/mol. The van der Waals surface area contributed by atoms with Crippen molar-refractivity contribution in [2.45, 2.75) is 40.0 Å². The van der Waals surface area contributed by atoms with E-state index in [0.717, 1.165) is 39.3 Å². The standard InChI is InChI=1S/C52H43N5O/c1-33-28-34(2)49(35(3)29-33)56-32-55(45-20-11-12-21-46(45)56)37-16-13-17-38(30-37)58-39-22-23-40-41-24-25-47-48(50(41)54-27-26-53-51(54)42(40)31-39)52(4,5)43-18-9-10-19-44(43)57(47)36-14-7-6-8-15-36/h6-31H,32H2,1-5H3. The van der Waals surface area contributed by atoms with Gasteiger partial charge in [0.25, 0.3) is 0 Å². The van der Waals surface area contributed by atoms with E-state index in [1.807, 2.05) is 12.3 Å². The van der Waals surface area contributed by atoms with Crippen LogP contribution in [0.15, 0.2) is 158 Å². The fourth-order valence-corrected chi connectivity index (χ4v) is 9.93. The van der Waals surface area contributed by atoms with Gasteiger partial charge in [-0.25, -0.2) is 4.98 Å².